The van der Waals surface area contributed by atoms with Crippen LogP contribution in [0.15, 0.2) is 0 Å². The van der Waals surface area contributed by atoms with Crippen molar-refractivity contribution in [2.45, 2.75) is 34.1 Å². The summed E-state index contributed by atoms with van der Waals surface area (Å²) in [5.41, 5.74) is -0.399. The fourth-order valence-electron chi connectivity index (χ4n) is 1.17. The fraction of sp³-hybridized carbons (Fsp3) is 0.818. The van der Waals surface area contributed by atoms with Crippen LogP contribution in [0.2, 0.25) is 0 Å². The molecule has 0 N–H and O–H groups in total. The normalized spacial score (nSPS) is 11.0. The summed E-state index contributed by atoms with van der Waals surface area (Å²) in [4.78, 5) is 24.3. The van der Waals surface area contributed by atoms with Crippen molar-refractivity contribution in [1.29, 1.82) is 0 Å². The summed E-state index contributed by atoms with van der Waals surface area (Å²) in [5.74, 6) is -0.224. The van der Waals surface area contributed by atoms with Gasteiger partial charge in [0.05, 0.1) is 13.0 Å². The second kappa shape index (κ2) is 5.73. The van der Waals surface area contributed by atoms with E-state index in [1.165, 1.54) is 0 Å². The largest absolute Gasteiger partial charge is 0.466 e. The van der Waals surface area contributed by atoms with Crippen molar-refractivity contribution in [3.63, 3.8) is 0 Å². The van der Waals surface area contributed by atoms with Crippen molar-refractivity contribution >= 4 is 11.9 Å². The Morgan fingerprint density at radius 1 is 1.27 bits per heavy atom. The van der Waals surface area contributed by atoms with E-state index in [-0.39, 0.29) is 18.3 Å². The van der Waals surface area contributed by atoms with Gasteiger partial charge in [0.15, 0.2) is 0 Å². The first-order chi connectivity index (χ1) is 6.79. The minimum absolute atomic E-state index is 0.0341. The average Bonchev–Trinajstić information content (AvgIpc) is 2.12. The molecule has 0 aliphatic heterocycles. The smallest absolute Gasteiger partial charge is 0.307 e. The molecule has 0 radical (unpaired) electrons. The van der Waals surface area contributed by atoms with Gasteiger partial charge in [0.1, 0.15) is 0 Å². The van der Waals surface area contributed by atoms with Gasteiger partial charge < -0.3 is 9.64 Å². The zero-order valence-electron chi connectivity index (χ0n) is 10.3. The number of carbonyl (C=O) groups excluding carboxylic acids is 2. The SMILES string of the molecule is CCOC(=O)CCN(C)C(=O)C(C)(C)C. The Hall–Kier alpha value is -1.06. The highest BCUT2D eigenvalue weighted by molar-refractivity contribution is 5.81. The first-order valence-corrected chi connectivity index (χ1v) is 5.20. The zero-order valence-corrected chi connectivity index (χ0v) is 10.3. The third kappa shape index (κ3) is 5.40. The van der Waals surface area contributed by atoms with Crippen molar-refractivity contribution in [3.8, 4) is 0 Å². The van der Waals surface area contributed by atoms with Crippen LogP contribution in [0.4, 0.5) is 0 Å². The van der Waals surface area contributed by atoms with Crippen molar-refractivity contribution in [1.82, 2.24) is 4.90 Å². The summed E-state index contributed by atoms with van der Waals surface area (Å²) in [6.07, 6.45) is 0.256. The Kier molecular flexibility index (Phi) is 5.33. The number of hydrogen-bond acceptors (Lipinski definition) is 3. The molecule has 0 unspecified atom stereocenters. The highest BCUT2D eigenvalue weighted by atomic mass is 16.5. The van der Waals surface area contributed by atoms with E-state index in [1.54, 1.807) is 18.9 Å². The van der Waals surface area contributed by atoms with Crippen molar-refractivity contribution in [2.24, 2.45) is 5.41 Å². The van der Waals surface area contributed by atoms with Crippen LogP contribution >= 0.6 is 0 Å². The molecule has 0 fully saturated rings. The number of amides is 1. The second-order valence-corrected chi connectivity index (χ2v) is 4.53. The predicted octanol–water partition coefficient (Wildman–Crippen LogP) is 1.44. The summed E-state index contributed by atoms with van der Waals surface area (Å²) in [6, 6.07) is 0. The van der Waals surface area contributed by atoms with E-state index in [0.29, 0.717) is 13.2 Å². The lowest BCUT2D eigenvalue weighted by Crippen LogP contribution is -2.37. The fourth-order valence-corrected chi connectivity index (χ4v) is 1.17. The molecular formula is C11H21NO3. The molecule has 0 bridgehead atoms. The van der Waals surface area contributed by atoms with Gasteiger partial charge in [0.25, 0.3) is 0 Å². The van der Waals surface area contributed by atoms with Crippen LogP contribution in [0.1, 0.15) is 34.1 Å². The molecule has 1 amide bonds. The summed E-state index contributed by atoms with van der Waals surface area (Å²) in [6.45, 7) is 8.13. The van der Waals surface area contributed by atoms with Gasteiger partial charge in [-0.05, 0) is 6.92 Å². The van der Waals surface area contributed by atoms with Crippen molar-refractivity contribution in [2.75, 3.05) is 20.2 Å². The van der Waals surface area contributed by atoms with Crippen LogP contribution in [0.3, 0.4) is 0 Å². The van der Waals surface area contributed by atoms with Crippen LogP contribution in [0.25, 0.3) is 0 Å². The van der Waals surface area contributed by atoms with Crippen LogP contribution in [-0.4, -0.2) is 37.0 Å². The zero-order chi connectivity index (χ0) is 12.1. The first kappa shape index (κ1) is 13.9. The van der Waals surface area contributed by atoms with Gasteiger partial charge in [-0.15, -0.1) is 0 Å². The molecule has 0 atom stereocenters. The van der Waals surface area contributed by atoms with Crippen LogP contribution in [0.5, 0.6) is 0 Å². The predicted molar refractivity (Wildman–Crippen MR) is 58.3 cm³/mol. The van der Waals surface area contributed by atoms with Gasteiger partial charge in [-0.3, -0.25) is 9.59 Å². The Labute approximate surface area is 91.6 Å². The summed E-state index contributed by atoms with van der Waals surface area (Å²) >= 11 is 0. The maximum Gasteiger partial charge on any atom is 0.307 e. The molecule has 4 nitrogen and oxygen atoms in total. The van der Waals surface area contributed by atoms with E-state index in [0.717, 1.165) is 0 Å². The maximum atomic E-state index is 11.7. The standard InChI is InChI=1S/C11H21NO3/c1-6-15-9(13)7-8-12(5)10(14)11(2,3)4/h6-8H2,1-5H3. The van der Waals surface area contributed by atoms with E-state index in [2.05, 4.69) is 0 Å². The Balaban J connectivity index is 3.99. The van der Waals surface area contributed by atoms with Crippen LogP contribution in [-0.2, 0) is 14.3 Å². The summed E-state index contributed by atoms with van der Waals surface area (Å²) in [5, 5.41) is 0. The Bertz CT molecular complexity index is 230. The minimum Gasteiger partial charge on any atom is -0.466 e. The Morgan fingerprint density at radius 2 is 1.80 bits per heavy atom. The number of nitrogens with zero attached hydrogens (tertiary/aromatic N) is 1. The molecule has 0 rings (SSSR count). The molecule has 0 spiro atoms. The number of rotatable bonds is 4. The number of ether oxygens (including phenoxy) is 1. The minimum atomic E-state index is -0.399. The first-order valence-electron chi connectivity index (χ1n) is 5.20. The number of esters is 1. The molecule has 0 aliphatic rings. The monoisotopic (exact) mass is 215 g/mol. The maximum absolute atomic E-state index is 11.7. The third-order valence-electron chi connectivity index (χ3n) is 1.94. The van der Waals surface area contributed by atoms with Gasteiger partial charge in [0.2, 0.25) is 5.91 Å². The molecule has 0 aromatic carbocycles. The van der Waals surface area contributed by atoms with E-state index in [4.69, 9.17) is 4.74 Å². The molecule has 0 aromatic heterocycles. The Morgan fingerprint density at radius 3 is 2.20 bits per heavy atom. The highest BCUT2D eigenvalue weighted by Crippen LogP contribution is 2.16. The number of carbonyl (C=O) groups is 2. The third-order valence-corrected chi connectivity index (χ3v) is 1.94. The van der Waals surface area contributed by atoms with E-state index < -0.39 is 5.41 Å². The molecule has 0 aliphatic carbocycles. The lowest BCUT2D eigenvalue weighted by Gasteiger charge is -2.25. The van der Waals surface area contributed by atoms with Gasteiger partial charge >= 0.3 is 5.97 Å². The van der Waals surface area contributed by atoms with Crippen LogP contribution < -0.4 is 0 Å². The van der Waals surface area contributed by atoms with Gasteiger partial charge in [0, 0.05) is 19.0 Å². The quantitative estimate of drug-likeness (QED) is 0.667. The summed E-state index contributed by atoms with van der Waals surface area (Å²) in [7, 11) is 1.70. The van der Waals surface area contributed by atoms with Crippen molar-refractivity contribution in [3.05, 3.63) is 0 Å². The van der Waals surface area contributed by atoms with Gasteiger partial charge in [-0.2, -0.15) is 0 Å². The lowest BCUT2D eigenvalue weighted by atomic mass is 9.95. The van der Waals surface area contributed by atoms with Crippen LogP contribution in [0, 0.1) is 5.41 Å². The lowest BCUT2D eigenvalue weighted by molar-refractivity contribution is -0.144. The molecule has 88 valence electrons. The number of hydrogen-bond donors (Lipinski definition) is 0. The summed E-state index contributed by atoms with van der Waals surface area (Å²) < 4.78 is 4.78. The molecular weight excluding hydrogens is 194 g/mol. The average molecular weight is 215 g/mol. The molecule has 0 heterocycles. The van der Waals surface area contributed by atoms with E-state index >= 15 is 0 Å². The molecule has 0 aromatic rings. The van der Waals surface area contributed by atoms with Gasteiger partial charge in [-0.25, -0.2) is 0 Å². The van der Waals surface area contributed by atoms with Gasteiger partial charge in [-0.1, -0.05) is 20.8 Å². The topological polar surface area (TPSA) is 46.6 Å². The molecule has 0 saturated heterocycles. The van der Waals surface area contributed by atoms with E-state index in [9.17, 15) is 9.59 Å². The van der Waals surface area contributed by atoms with Crippen molar-refractivity contribution < 1.29 is 14.3 Å². The second-order valence-electron chi connectivity index (χ2n) is 4.53. The molecule has 15 heavy (non-hydrogen) atoms. The molecule has 4 heteroatoms. The highest BCUT2D eigenvalue weighted by Gasteiger charge is 2.24. The van der Waals surface area contributed by atoms with E-state index in [1.807, 2.05) is 20.8 Å². The molecule has 0 saturated carbocycles.